The van der Waals surface area contributed by atoms with Gasteiger partial charge in [0.15, 0.2) is 0 Å². The normalized spacial score (nSPS) is 11.0. The molecule has 7 nitrogen and oxygen atoms in total. The molecule has 22 heavy (non-hydrogen) atoms. The molecule has 0 radical (unpaired) electrons. The third-order valence-corrected chi connectivity index (χ3v) is 3.82. The summed E-state index contributed by atoms with van der Waals surface area (Å²) in [5.41, 5.74) is 1.40. The quantitative estimate of drug-likeness (QED) is 0.771. The van der Waals surface area contributed by atoms with E-state index in [0.29, 0.717) is 27.5 Å². The second-order valence-corrected chi connectivity index (χ2v) is 6.00. The largest absolute Gasteiger partial charge is 0.377 e. The van der Waals surface area contributed by atoms with Crippen LogP contribution in [0, 0.1) is 0 Å². The Kier molecular flexibility index (Phi) is 4.32. The van der Waals surface area contributed by atoms with E-state index in [2.05, 4.69) is 20.5 Å². The first-order chi connectivity index (χ1) is 10.6. The Morgan fingerprint density at radius 2 is 2.27 bits per heavy atom. The molecule has 3 heterocycles. The molecule has 0 aliphatic heterocycles. The number of carbonyl (C=O) groups is 1. The molecule has 0 fully saturated rings. The Morgan fingerprint density at radius 3 is 3.09 bits per heavy atom. The number of hydrogen-bond acceptors (Lipinski definition) is 6. The number of rotatable bonds is 5. The van der Waals surface area contributed by atoms with Crippen molar-refractivity contribution < 1.29 is 9.53 Å². The van der Waals surface area contributed by atoms with Crippen LogP contribution in [0.2, 0.25) is 5.02 Å². The highest BCUT2D eigenvalue weighted by Gasteiger charge is 2.11. The zero-order valence-electron chi connectivity index (χ0n) is 11.6. The van der Waals surface area contributed by atoms with Crippen LogP contribution in [0.15, 0.2) is 24.5 Å². The first kappa shape index (κ1) is 14.9. The predicted octanol–water partition coefficient (Wildman–Crippen LogP) is 2.17. The van der Waals surface area contributed by atoms with Crippen molar-refractivity contribution in [1.29, 1.82) is 0 Å². The van der Waals surface area contributed by atoms with Gasteiger partial charge in [0.25, 0.3) is 0 Å². The lowest BCUT2D eigenvalue weighted by Gasteiger charge is -1.97. The van der Waals surface area contributed by atoms with E-state index in [1.54, 1.807) is 36.0 Å². The molecule has 0 aromatic carbocycles. The maximum Gasteiger partial charge on any atom is 0.232 e. The predicted molar refractivity (Wildman–Crippen MR) is 83.2 cm³/mol. The van der Waals surface area contributed by atoms with Crippen LogP contribution in [0.4, 0.5) is 5.13 Å². The molecule has 0 saturated heterocycles. The number of nitrogens with zero attached hydrogens (tertiary/aromatic N) is 4. The molecule has 1 N–H and O–H groups in total. The van der Waals surface area contributed by atoms with E-state index in [-0.39, 0.29) is 12.3 Å². The fraction of sp³-hybridized carbons (Fsp3) is 0.231. The minimum Gasteiger partial charge on any atom is -0.377 e. The topological polar surface area (TPSA) is 81.4 Å². The Balaban J connectivity index is 1.66. The summed E-state index contributed by atoms with van der Waals surface area (Å²) in [6, 6.07) is 3.55. The van der Waals surface area contributed by atoms with Crippen LogP contribution in [0.3, 0.4) is 0 Å². The lowest BCUT2D eigenvalue weighted by Crippen LogP contribution is -2.14. The number of ether oxygens (including phenoxy) is 1. The molecule has 0 aliphatic carbocycles. The summed E-state index contributed by atoms with van der Waals surface area (Å²) in [5.74, 6) is -0.199. The number of hydrogen-bond donors (Lipinski definition) is 1. The molecule has 3 rings (SSSR count). The number of imidazole rings is 1. The van der Waals surface area contributed by atoms with Crippen molar-refractivity contribution in [3.8, 4) is 0 Å². The maximum atomic E-state index is 12.0. The second-order valence-electron chi connectivity index (χ2n) is 4.50. The van der Waals surface area contributed by atoms with Crippen molar-refractivity contribution in [1.82, 2.24) is 19.6 Å². The summed E-state index contributed by atoms with van der Waals surface area (Å²) in [6.45, 7) is 0.376. The molecule has 3 aromatic heterocycles. The molecule has 0 atom stereocenters. The Bertz CT molecular complexity index is 816. The summed E-state index contributed by atoms with van der Waals surface area (Å²) in [7, 11) is 1.58. The average Bonchev–Trinajstić information content (AvgIpc) is 3.05. The van der Waals surface area contributed by atoms with Gasteiger partial charge in [-0.2, -0.15) is 0 Å². The molecule has 0 bridgehead atoms. The Labute approximate surface area is 134 Å². The summed E-state index contributed by atoms with van der Waals surface area (Å²) < 4.78 is 6.74. The van der Waals surface area contributed by atoms with Gasteiger partial charge in [0.05, 0.1) is 17.1 Å². The molecule has 0 spiro atoms. The number of halogens is 1. The summed E-state index contributed by atoms with van der Waals surface area (Å²) in [6.07, 6.45) is 3.67. The highest BCUT2D eigenvalue weighted by Crippen LogP contribution is 2.16. The smallest absolute Gasteiger partial charge is 0.232 e. The molecule has 114 valence electrons. The first-order valence-electron chi connectivity index (χ1n) is 6.38. The second kappa shape index (κ2) is 6.39. The van der Waals surface area contributed by atoms with Crippen LogP contribution in [0.25, 0.3) is 5.65 Å². The van der Waals surface area contributed by atoms with Crippen LogP contribution in [0.1, 0.15) is 10.7 Å². The highest BCUT2D eigenvalue weighted by atomic mass is 35.5. The van der Waals surface area contributed by atoms with E-state index in [4.69, 9.17) is 16.3 Å². The van der Waals surface area contributed by atoms with Gasteiger partial charge >= 0.3 is 0 Å². The van der Waals surface area contributed by atoms with Crippen molar-refractivity contribution in [2.45, 2.75) is 13.0 Å². The van der Waals surface area contributed by atoms with Crippen molar-refractivity contribution in [3.63, 3.8) is 0 Å². The first-order valence-corrected chi connectivity index (χ1v) is 7.58. The monoisotopic (exact) mass is 337 g/mol. The van der Waals surface area contributed by atoms with Gasteiger partial charge < -0.3 is 14.5 Å². The summed E-state index contributed by atoms with van der Waals surface area (Å²) >= 11 is 7.20. The van der Waals surface area contributed by atoms with Crippen LogP contribution in [-0.4, -0.2) is 32.6 Å². The Hall–Kier alpha value is -2.03. The number of amides is 1. The van der Waals surface area contributed by atoms with Crippen LogP contribution < -0.4 is 5.32 Å². The molecule has 1 amide bonds. The minimum atomic E-state index is -0.199. The third-order valence-electron chi connectivity index (χ3n) is 2.79. The van der Waals surface area contributed by atoms with E-state index in [1.165, 1.54) is 11.3 Å². The molecular weight excluding hydrogens is 326 g/mol. The van der Waals surface area contributed by atoms with Crippen molar-refractivity contribution >= 4 is 39.6 Å². The van der Waals surface area contributed by atoms with E-state index in [1.807, 2.05) is 0 Å². The van der Waals surface area contributed by atoms with E-state index >= 15 is 0 Å². The number of nitrogens with one attached hydrogen (secondary N) is 1. The van der Waals surface area contributed by atoms with Crippen molar-refractivity contribution in [2.24, 2.45) is 0 Å². The van der Waals surface area contributed by atoms with Gasteiger partial charge in [-0.1, -0.05) is 22.9 Å². The number of methoxy groups -OCH3 is 1. The number of aromatic nitrogens is 4. The highest BCUT2D eigenvalue weighted by molar-refractivity contribution is 7.15. The van der Waals surface area contributed by atoms with Crippen LogP contribution >= 0.6 is 22.9 Å². The zero-order valence-corrected chi connectivity index (χ0v) is 13.2. The average molecular weight is 338 g/mol. The summed E-state index contributed by atoms with van der Waals surface area (Å²) in [4.78, 5) is 16.4. The number of anilines is 1. The number of carbonyl (C=O) groups excluding carboxylic acids is 1. The van der Waals surface area contributed by atoms with E-state index in [0.717, 1.165) is 5.65 Å². The fourth-order valence-corrected chi connectivity index (χ4v) is 2.81. The van der Waals surface area contributed by atoms with Gasteiger partial charge in [-0.15, -0.1) is 10.2 Å². The Morgan fingerprint density at radius 1 is 1.41 bits per heavy atom. The molecular formula is C13H12ClN5O2S. The van der Waals surface area contributed by atoms with Crippen molar-refractivity contribution in [3.05, 3.63) is 40.3 Å². The van der Waals surface area contributed by atoms with Gasteiger partial charge in [0, 0.05) is 19.5 Å². The van der Waals surface area contributed by atoms with Gasteiger partial charge in [-0.05, 0) is 12.1 Å². The van der Waals surface area contributed by atoms with E-state index in [9.17, 15) is 4.79 Å². The lowest BCUT2D eigenvalue weighted by molar-refractivity contribution is -0.115. The minimum absolute atomic E-state index is 0.151. The van der Waals surface area contributed by atoms with Gasteiger partial charge in [0.2, 0.25) is 11.0 Å². The number of fused-ring (bicyclic) bond motifs is 1. The van der Waals surface area contributed by atoms with E-state index < -0.39 is 0 Å². The molecule has 0 saturated carbocycles. The standard InChI is InChI=1S/C13H12ClN5O2S/c1-21-7-12-17-18-13(22-12)16-11(20)4-9-6-19-5-8(14)2-3-10(19)15-9/h2-3,5-6H,4,7H2,1H3,(H,16,18,20). The molecule has 0 unspecified atom stereocenters. The molecule has 9 heteroatoms. The third kappa shape index (κ3) is 3.41. The molecule has 3 aromatic rings. The van der Waals surface area contributed by atoms with Gasteiger partial charge in [0.1, 0.15) is 17.3 Å². The van der Waals surface area contributed by atoms with Crippen LogP contribution in [-0.2, 0) is 22.6 Å². The SMILES string of the molecule is COCc1nnc(NC(=O)Cc2cn3cc(Cl)ccc3n2)s1. The summed E-state index contributed by atoms with van der Waals surface area (Å²) in [5, 5.41) is 12.3. The lowest BCUT2D eigenvalue weighted by atomic mass is 10.3. The molecule has 0 aliphatic rings. The number of pyridine rings is 1. The zero-order chi connectivity index (χ0) is 15.5. The maximum absolute atomic E-state index is 12.0. The fourth-order valence-electron chi connectivity index (χ4n) is 1.92. The van der Waals surface area contributed by atoms with Crippen molar-refractivity contribution in [2.75, 3.05) is 12.4 Å². The van der Waals surface area contributed by atoms with Crippen LogP contribution in [0.5, 0.6) is 0 Å². The van der Waals surface area contributed by atoms with Gasteiger partial charge in [-0.3, -0.25) is 4.79 Å². The van der Waals surface area contributed by atoms with Gasteiger partial charge in [-0.25, -0.2) is 4.98 Å².